The highest BCUT2D eigenvalue weighted by Crippen LogP contribution is 2.16. The molecule has 146 valence electrons. The molecule has 3 aromatic rings. The molecule has 0 atom stereocenters. The first-order valence-electron chi connectivity index (χ1n) is 7.89. The van der Waals surface area contributed by atoms with E-state index in [0.717, 1.165) is 12.1 Å². The topological polar surface area (TPSA) is 97.6 Å². The van der Waals surface area contributed by atoms with E-state index in [-0.39, 0.29) is 12.4 Å². The Balaban J connectivity index is 1.60. The van der Waals surface area contributed by atoms with E-state index in [9.17, 15) is 22.0 Å². The molecule has 1 aromatic heterocycles. The van der Waals surface area contributed by atoms with E-state index in [2.05, 4.69) is 0 Å². The molecular formula is C18H14F2N2O5S. The Morgan fingerprint density at radius 1 is 1.04 bits per heavy atom. The van der Waals surface area contributed by atoms with Crippen molar-refractivity contribution in [3.63, 3.8) is 0 Å². The van der Waals surface area contributed by atoms with Gasteiger partial charge in [0.25, 0.3) is 10.0 Å². The quantitative estimate of drug-likeness (QED) is 0.586. The zero-order chi connectivity index (χ0) is 20.1. The Labute approximate surface area is 159 Å². The van der Waals surface area contributed by atoms with Crippen LogP contribution in [0.4, 0.5) is 8.78 Å². The molecule has 0 aliphatic heterocycles. The summed E-state index contributed by atoms with van der Waals surface area (Å²) in [5, 5.41) is 0. The minimum absolute atomic E-state index is 0.0593. The fourth-order valence-electron chi connectivity index (χ4n) is 2.17. The van der Waals surface area contributed by atoms with Gasteiger partial charge in [-0.25, -0.2) is 17.2 Å². The van der Waals surface area contributed by atoms with Gasteiger partial charge in [-0.05, 0) is 36.4 Å². The first-order valence-corrected chi connectivity index (χ1v) is 9.37. The lowest BCUT2D eigenvalue weighted by Crippen LogP contribution is -2.41. The summed E-state index contributed by atoms with van der Waals surface area (Å²) in [5.41, 5.74) is 1.89. The summed E-state index contributed by atoms with van der Waals surface area (Å²) in [7, 11) is -4.44. The van der Waals surface area contributed by atoms with Gasteiger partial charge in [0.05, 0.1) is 0 Å². The Morgan fingerprint density at radius 2 is 1.79 bits per heavy atom. The molecule has 2 aromatic carbocycles. The molecule has 0 fully saturated rings. The predicted octanol–water partition coefficient (Wildman–Crippen LogP) is 2.76. The van der Waals surface area contributed by atoms with Gasteiger partial charge in [0.1, 0.15) is 34.6 Å². The third-order valence-electron chi connectivity index (χ3n) is 3.49. The number of ether oxygens (including phenoxy) is 1. The van der Waals surface area contributed by atoms with Gasteiger partial charge in [0.2, 0.25) is 0 Å². The Morgan fingerprint density at radius 3 is 2.50 bits per heavy atom. The molecule has 1 heterocycles. The first-order chi connectivity index (χ1) is 13.3. The number of hydrazine groups is 1. The molecular weight excluding hydrogens is 394 g/mol. The maximum Gasteiger partial charge on any atom is 0.301 e. The maximum atomic E-state index is 13.6. The highest BCUT2D eigenvalue weighted by molar-refractivity contribution is 7.89. The molecule has 0 bridgehead atoms. The van der Waals surface area contributed by atoms with Crippen LogP contribution in [0.2, 0.25) is 0 Å². The van der Waals surface area contributed by atoms with Crippen molar-refractivity contribution in [1.82, 2.24) is 10.3 Å². The van der Waals surface area contributed by atoms with E-state index in [1.165, 1.54) is 12.1 Å². The highest BCUT2D eigenvalue weighted by Gasteiger charge is 2.21. The van der Waals surface area contributed by atoms with Crippen LogP contribution in [0.5, 0.6) is 5.75 Å². The number of benzene rings is 2. The van der Waals surface area contributed by atoms with Crippen LogP contribution in [-0.4, -0.2) is 14.3 Å². The Hall–Kier alpha value is -3.24. The normalized spacial score (nSPS) is 11.2. The lowest BCUT2D eigenvalue weighted by Gasteiger charge is -2.08. The van der Waals surface area contributed by atoms with Gasteiger partial charge in [0, 0.05) is 6.07 Å². The van der Waals surface area contributed by atoms with Crippen molar-refractivity contribution in [3.05, 3.63) is 83.8 Å². The minimum Gasteiger partial charge on any atom is -0.486 e. The smallest absolute Gasteiger partial charge is 0.301 e. The molecule has 7 nitrogen and oxygen atoms in total. The molecule has 3 rings (SSSR count). The van der Waals surface area contributed by atoms with Gasteiger partial charge >= 0.3 is 5.91 Å². The second-order valence-electron chi connectivity index (χ2n) is 5.50. The molecule has 0 unspecified atom stereocenters. The molecule has 0 radical (unpaired) electrons. The number of hydrogen-bond acceptors (Lipinski definition) is 5. The third kappa shape index (κ3) is 4.72. The number of sulfonamides is 1. The summed E-state index contributed by atoms with van der Waals surface area (Å²) in [4.78, 5) is 12.9. The number of hydrogen-bond donors (Lipinski definition) is 2. The summed E-state index contributed by atoms with van der Waals surface area (Å²) in [6.45, 7) is 0.0593. The summed E-state index contributed by atoms with van der Waals surface area (Å²) < 4.78 is 61.3. The van der Waals surface area contributed by atoms with Crippen LogP contribution in [-0.2, 0) is 16.6 Å². The minimum atomic E-state index is -4.44. The summed E-state index contributed by atoms with van der Waals surface area (Å²) in [5.74, 6) is -2.37. The standard InChI is InChI=1S/C18H14F2N2O5S/c19-12-6-9-17(15(20)10-12)28(24,25)22-21-18(23)16-8-7-14(27-16)11-26-13-4-2-1-3-5-13/h1-10,22H,11H2,(H,21,23). The van der Waals surface area contributed by atoms with Crippen LogP contribution in [0, 0.1) is 11.6 Å². The van der Waals surface area contributed by atoms with Crippen molar-refractivity contribution in [2.75, 3.05) is 0 Å². The van der Waals surface area contributed by atoms with Crippen molar-refractivity contribution >= 4 is 15.9 Å². The van der Waals surface area contributed by atoms with Crippen LogP contribution in [0.25, 0.3) is 0 Å². The average Bonchev–Trinajstić information content (AvgIpc) is 3.14. The Kier molecular flexibility index (Phi) is 5.71. The molecule has 0 aliphatic rings. The highest BCUT2D eigenvalue weighted by atomic mass is 32.2. The number of carbonyl (C=O) groups excluding carboxylic acids is 1. The molecule has 0 saturated heterocycles. The van der Waals surface area contributed by atoms with Gasteiger partial charge in [0.15, 0.2) is 5.76 Å². The molecule has 2 N–H and O–H groups in total. The molecule has 0 aliphatic carbocycles. The fraction of sp³-hybridized carbons (Fsp3) is 0.0556. The van der Waals surface area contributed by atoms with Crippen molar-refractivity contribution < 1.29 is 31.1 Å². The first kappa shape index (κ1) is 19.5. The van der Waals surface area contributed by atoms with E-state index in [4.69, 9.17) is 9.15 Å². The van der Waals surface area contributed by atoms with Crippen LogP contribution < -0.4 is 15.0 Å². The van der Waals surface area contributed by atoms with Crippen LogP contribution in [0.3, 0.4) is 0 Å². The summed E-state index contributed by atoms with van der Waals surface area (Å²) in [6, 6.07) is 13.7. The molecule has 0 spiro atoms. The van der Waals surface area contributed by atoms with Crippen LogP contribution in [0.1, 0.15) is 16.3 Å². The average molecular weight is 408 g/mol. The molecule has 1 amide bonds. The van der Waals surface area contributed by atoms with Gasteiger partial charge < -0.3 is 9.15 Å². The summed E-state index contributed by atoms with van der Waals surface area (Å²) in [6.07, 6.45) is 0. The van der Waals surface area contributed by atoms with Gasteiger partial charge in [-0.15, -0.1) is 4.83 Å². The van der Waals surface area contributed by atoms with Crippen molar-refractivity contribution in [1.29, 1.82) is 0 Å². The van der Waals surface area contributed by atoms with Crippen molar-refractivity contribution in [3.8, 4) is 5.75 Å². The Bertz CT molecular complexity index is 1080. The van der Waals surface area contributed by atoms with E-state index < -0.39 is 32.5 Å². The zero-order valence-corrected chi connectivity index (χ0v) is 15.0. The number of nitrogens with one attached hydrogen (secondary N) is 2. The molecule has 0 saturated carbocycles. The number of furan rings is 1. The van der Waals surface area contributed by atoms with Crippen molar-refractivity contribution in [2.24, 2.45) is 0 Å². The maximum absolute atomic E-state index is 13.6. The van der Waals surface area contributed by atoms with E-state index >= 15 is 0 Å². The van der Waals surface area contributed by atoms with Crippen molar-refractivity contribution in [2.45, 2.75) is 11.5 Å². The zero-order valence-electron chi connectivity index (χ0n) is 14.2. The van der Waals surface area contributed by atoms with E-state index in [1.54, 1.807) is 29.1 Å². The monoisotopic (exact) mass is 408 g/mol. The number of rotatable bonds is 7. The largest absolute Gasteiger partial charge is 0.486 e. The lowest BCUT2D eigenvalue weighted by atomic mass is 10.3. The number of para-hydroxylation sites is 1. The van der Waals surface area contributed by atoms with E-state index in [0.29, 0.717) is 17.6 Å². The second-order valence-corrected chi connectivity index (χ2v) is 7.15. The summed E-state index contributed by atoms with van der Waals surface area (Å²) >= 11 is 0. The number of carbonyl (C=O) groups is 1. The van der Waals surface area contributed by atoms with E-state index in [1.807, 2.05) is 11.5 Å². The predicted molar refractivity (Wildman–Crippen MR) is 93.6 cm³/mol. The molecule has 28 heavy (non-hydrogen) atoms. The van der Waals surface area contributed by atoms with Crippen LogP contribution in [0.15, 0.2) is 70.0 Å². The van der Waals surface area contributed by atoms with Gasteiger partial charge in [-0.2, -0.15) is 0 Å². The molecule has 10 heteroatoms. The third-order valence-corrected chi connectivity index (χ3v) is 4.77. The second kappa shape index (κ2) is 8.19. The lowest BCUT2D eigenvalue weighted by molar-refractivity contribution is 0.0913. The number of amides is 1. The van der Waals surface area contributed by atoms with Gasteiger partial charge in [-0.1, -0.05) is 18.2 Å². The fourth-order valence-corrected chi connectivity index (χ4v) is 3.07. The van der Waals surface area contributed by atoms with Gasteiger partial charge in [-0.3, -0.25) is 10.2 Å². The van der Waals surface area contributed by atoms with Crippen LogP contribution >= 0.6 is 0 Å². The SMILES string of the molecule is O=C(NNS(=O)(=O)c1ccc(F)cc1F)c1ccc(COc2ccccc2)o1. The number of halogens is 2.